The van der Waals surface area contributed by atoms with Crippen molar-refractivity contribution in [1.29, 1.82) is 0 Å². The molecule has 2 heterocycles. The van der Waals surface area contributed by atoms with Crippen LogP contribution in [0.25, 0.3) is 10.9 Å². The van der Waals surface area contributed by atoms with Gasteiger partial charge in [0.15, 0.2) is 0 Å². The molecule has 0 amide bonds. The Morgan fingerprint density at radius 3 is 2.67 bits per heavy atom. The van der Waals surface area contributed by atoms with E-state index in [9.17, 15) is 0 Å². The second kappa shape index (κ2) is 5.24. The molecule has 6 heteroatoms. The van der Waals surface area contributed by atoms with Crippen LogP contribution < -0.4 is 16.2 Å². The normalized spacial score (nSPS) is 12.2. The number of benzene rings is 1. The van der Waals surface area contributed by atoms with Crippen LogP contribution in [0.4, 0.5) is 11.8 Å². The number of nitrogens with two attached hydrogens (primary N) is 2. The number of pyridine rings is 1. The van der Waals surface area contributed by atoms with E-state index in [4.69, 9.17) is 16.2 Å². The summed E-state index contributed by atoms with van der Waals surface area (Å²) in [5.74, 6) is 1.07. The fourth-order valence-corrected chi connectivity index (χ4v) is 2.16. The molecule has 106 valence electrons. The van der Waals surface area contributed by atoms with Gasteiger partial charge in [0, 0.05) is 6.20 Å². The number of anilines is 2. The van der Waals surface area contributed by atoms with Crippen LogP contribution in [0, 0.1) is 0 Å². The van der Waals surface area contributed by atoms with Gasteiger partial charge in [0.2, 0.25) is 5.95 Å². The van der Waals surface area contributed by atoms with Gasteiger partial charge >= 0.3 is 0 Å². The van der Waals surface area contributed by atoms with E-state index in [1.165, 1.54) is 0 Å². The van der Waals surface area contributed by atoms with Crippen molar-refractivity contribution in [3.05, 3.63) is 48.3 Å². The van der Waals surface area contributed by atoms with E-state index in [0.29, 0.717) is 22.5 Å². The zero-order valence-corrected chi connectivity index (χ0v) is 11.5. The molecule has 6 nitrogen and oxygen atoms in total. The maximum Gasteiger partial charge on any atom is 0.222 e. The maximum absolute atomic E-state index is 5.97. The van der Waals surface area contributed by atoms with E-state index in [1.54, 1.807) is 6.20 Å². The molecule has 0 aliphatic heterocycles. The molecule has 0 spiro atoms. The summed E-state index contributed by atoms with van der Waals surface area (Å²) in [4.78, 5) is 12.4. The zero-order valence-electron chi connectivity index (χ0n) is 11.5. The van der Waals surface area contributed by atoms with Crippen LogP contribution in [-0.4, -0.2) is 15.0 Å². The molecule has 0 radical (unpaired) electrons. The van der Waals surface area contributed by atoms with Gasteiger partial charge in [-0.15, -0.1) is 0 Å². The minimum atomic E-state index is -0.214. The van der Waals surface area contributed by atoms with E-state index in [-0.39, 0.29) is 12.1 Å². The first kappa shape index (κ1) is 13.1. The third-order valence-corrected chi connectivity index (χ3v) is 3.14. The topological polar surface area (TPSA) is 99.9 Å². The predicted octanol–water partition coefficient (Wildman–Crippen LogP) is 2.33. The number of fused-ring (bicyclic) bond motifs is 1. The molecule has 0 aliphatic rings. The Morgan fingerprint density at radius 2 is 1.90 bits per heavy atom. The molecule has 1 aromatic carbocycles. The van der Waals surface area contributed by atoms with Crippen molar-refractivity contribution in [2.24, 2.45) is 0 Å². The molecule has 1 atom stereocenters. The average Bonchev–Trinajstić information content (AvgIpc) is 2.47. The predicted molar refractivity (Wildman–Crippen MR) is 81.6 cm³/mol. The van der Waals surface area contributed by atoms with Gasteiger partial charge in [-0.2, -0.15) is 4.98 Å². The molecule has 0 saturated carbocycles. The maximum atomic E-state index is 5.97. The third kappa shape index (κ3) is 2.55. The SMILES string of the molecule is CC(Oc1cccc2nc(N)nc(N)c12)c1ccccn1. The molecule has 3 rings (SSSR count). The third-order valence-electron chi connectivity index (χ3n) is 3.14. The fourth-order valence-electron chi connectivity index (χ4n) is 2.16. The van der Waals surface area contributed by atoms with Gasteiger partial charge in [-0.05, 0) is 31.2 Å². The largest absolute Gasteiger partial charge is 0.484 e. The average molecular weight is 281 g/mol. The minimum Gasteiger partial charge on any atom is -0.484 e. The van der Waals surface area contributed by atoms with E-state index in [1.807, 2.05) is 43.3 Å². The highest BCUT2D eigenvalue weighted by Gasteiger charge is 2.13. The van der Waals surface area contributed by atoms with Gasteiger partial charge in [0.1, 0.15) is 17.7 Å². The smallest absolute Gasteiger partial charge is 0.222 e. The van der Waals surface area contributed by atoms with Crippen LogP contribution >= 0.6 is 0 Å². The summed E-state index contributed by atoms with van der Waals surface area (Å²) in [5.41, 5.74) is 13.1. The molecular weight excluding hydrogens is 266 g/mol. The van der Waals surface area contributed by atoms with Crippen LogP contribution in [0.3, 0.4) is 0 Å². The van der Waals surface area contributed by atoms with E-state index >= 15 is 0 Å². The van der Waals surface area contributed by atoms with Crippen molar-refractivity contribution >= 4 is 22.7 Å². The Hall–Kier alpha value is -2.89. The summed E-state index contributed by atoms with van der Waals surface area (Å²) in [6.07, 6.45) is 1.52. The molecule has 0 aliphatic carbocycles. The summed E-state index contributed by atoms with van der Waals surface area (Å²) in [5, 5.41) is 0.662. The highest BCUT2D eigenvalue weighted by Crippen LogP contribution is 2.31. The lowest BCUT2D eigenvalue weighted by atomic mass is 10.2. The number of rotatable bonds is 3. The summed E-state index contributed by atoms with van der Waals surface area (Å²) in [7, 11) is 0. The van der Waals surface area contributed by atoms with Crippen molar-refractivity contribution in [3.63, 3.8) is 0 Å². The van der Waals surface area contributed by atoms with Gasteiger partial charge in [0.05, 0.1) is 16.6 Å². The molecule has 0 bridgehead atoms. The molecule has 0 fully saturated rings. The Bertz CT molecular complexity index is 776. The van der Waals surface area contributed by atoms with Gasteiger partial charge < -0.3 is 16.2 Å². The van der Waals surface area contributed by atoms with Crippen LogP contribution in [0.2, 0.25) is 0 Å². The van der Waals surface area contributed by atoms with Gasteiger partial charge in [-0.1, -0.05) is 12.1 Å². The highest BCUT2D eigenvalue weighted by atomic mass is 16.5. The molecule has 3 aromatic rings. The lowest BCUT2D eigenvalue weighted by Crippen LogP contribution is -2.07. The lowest BCUT2D eigenvalue weighted by Gasteiger charge is -2.16. The fraction of sp³-hybridized carbons (Fsp3) is 0.133. The summed E-state index contributed by atoms with van der Waals surface area (Å²) < 4.78 is 5.97. The van der Waals surface area contributed by atoms with Crippen molar-refractivity contribution < 1.29 is 4.74 Å². The van der Waals surface area contributed by atoms with Gasteiger partial charge in [-0.3, -0.25) is 4.98 Å². The van der Waals surface area contributed by atoms with Crippen molar-refractivity contribution in [2.45, 2.75) is 13.0 Å². The first-order chi connectivity index (χ1) is 10.1. The van der Waals surface area contributed by atoms with E-state index in [0.717, 1.165) is 5.69 Å². The molecule has 21 heavy (non-hydrogen) atoms. The number of nitrogen functional groups attached to an aromatic ring is 2. The molecule has 4 N–H and O–H groups in total. The van der Waals surface area contributed by atoms with Crippen LogP contribution in [0.1, 0.15) is 18.7 Å². The van der Waals surface area contributed by atoms with Crippen molar-refractivity contribution in [1.82, 2.24) is 15.0 Å². The Kier molecular flexibility index (Phi) is 3.27. The van der Waals surface area contributed by atoms with Crippen LogP contribution in [0.5, 0.6) is 5.75 Å². The van der Waals surface area contributed by atoms with E-state index in [2.05, 4.69) is 15.0 Å². The monoisotopic (exact) mass is 281 g/mol. The summed E-state index contributed by atoms with van der Waals surface area (Å²) >= 11 is 0. The molecule has 0 saturated heterocycles. The Balaban J connectivity index is 2.01. The van der Waals surface area contributed by atoms with Crippen molar-refractivity contribution in [3.8, 4) is 5.75 Å². The number of aromatic nitrogens is 3. The number of hydrogen-bond acceptors (Lipinski definition) is 6. The zero-order chi connectivity index (χ0) is 14.8. The van der Waals surface area contributed by atoms with Crippen molar-refractivity contribution in [2.75, 3.05) is 11.5 Å². The standard InChI is InChI=1S/C15H15N5O/c1-9(10-5-2-3-8-18-10)21-12-7-4-6-11-13(12)14(16)20-15(17)19-11/h2-9H,1H3,(H4,16,17,19,20). The molecule has 1 unspecified atom stereocenters. The van der Waals surface area contributed by atoms with Crippen LogP contribution in [0.15, 0.2) is 42.6 Å². The quantitative estimate of drug-likeness (QED) is 0.764. The number of ether oxygens (including phenoxy) is 1. The minimum absolute atomic E-state index is 0.148. The number of hydrogen-bond donors (Lipinski definition) is 2. The lowest BCUT2D eigenvalue weighted by molar-refractivity contribution is 0.225. The highest BCUT2D eigenvalue weighted by molar-refractivity contribution is 5.94. The second-order valence-electron chi connectivity index (χ2n) is 4.63. The van der Waals surface area contributed by atoms with Crippen LogP contribution in [-0.2, 0) is 0 Å². The summed E-state index contributed by atoms with van der Waals surface area (Å²) in [6.45, 7) is 1.93. The van der Waals surface area contributed by atoms with E-state index < -0.39 is 0 Å². The molecular formula is C15H15N5O. The Morgan fingerprint density at radius 1 is 1.05 bits per heavy atom. The van der Waals surface area contributed by atoms with Gasteiger partial charge in [0.25, 0.3) is 0 Å². The van der Waals surface area contributed by atoms with Gasteiger partial charge in [-0.25, -0.2) is 4.98 Å². The molecule has 2 aromatic heterocycles. The summed E-state index contributed by atoms with van der Waals surface area (Å²) in [6, 6.07) is 11.2. The number of nitrogens with zero attached hydrogens (tertiary/aromatic N) is 3. The second-order valence-corrected chi connectivity index (χ2v) is 4.63. The first-order valence-electron chi connectivity index (χ1n) is 6.54. The Labute approximate surface area is 121 Å². The first-order valence-corrected chi connectivity index (χ1v) is 6.54.